The van der Waals surface area contributed by atoms with Crippen LogP contribution in [0, 0.1) is 6.92 Å². The molecule has 4 aromatic rings. The zero-order valence-electron chi connectivity index (χ0n) is 18.9. The molecule has 0 N–H and O–H groups in total. The van der Waals surface area contributed by atoms with E-state index in [4.69, 9.17) is 4.98 Å². The minimum atomic E-state index is -0.200. The van der Waals surface area contributed by atoms with Crippen molar-refractivity contribution in [2.24, 2.45) is 0 Å². The van der Waals surface area contributed by atoms with Gasteiger partial charge in [-0.3, -0.25) is 14.3 Å². The summed E-state index contributed by atoms with van der Waals surface area (Å²) in [6, 6.07) is 24.7. The lowest BCUT2D eigenvalue weighted by Gasteiger charge is -2.30. The highest BCUT2D eigenvalue weighted by molar-refractivity contribution is 8.00. The van der Waals surface area contributed by atoms with Crippen LogP contribution >= 0.6 is 23.1 Å². The smallest absolute Gasteiger partial charge is 0.259 e. The van der Waals surface area contributed by atoms with Gasteiger partial charge in [-0.2, -0.15) is 0 Å². The zero-order chi connectivity index (χ0) is 22.8. The lowest BCUT2D eigenvalue weighted by atomic mass is 9.97. The lowest BCUT2D eigenvalue weighted by molar-refractivity contribution is 0.242. The van der Waals surface area contributed by atoms with E-state index in [2.05, 4.69) is 47.6 Å². The third-order valence-corrected chi connectivity index (χ3v) is 8.38. The predicted molar refractivity (Wildman–Crippen MR) is 137 cm³/mol. The third-order valence-electron chi connectivity index (χ3n) is 6.22. The molecular formula is C27H27N3OS2. The van der Waals surface area contributed by atoms with E-state index in [1.54, 1.807) is 11.8 Å². The summed E-state index contributed by atoms with van der Waals surface area (Å²) in [4.78, 5) is 22.6. The van der Waals surface area contributed by atoms with Crippen molar-refractivity contribution in [1.82, 2.24) is 14.5 Å². The molecule has 33 heavy (non-hydrogen) atoms. The lowest BCUT2D eigenvalue weighted by Crippen LogP contribution is -2.40. The van der Waals surface area contributed by atoms with Crippen LogP contribution in [0.3, 0.4) is 0 Å². The van der Waals surface area contributed by atoms with Gasteiger partial charge in [-0.15, -0.1) is 23.1 Å². The Morgan fingerprint density at radius 2 is 1.67 bits per heavy atom. The maximum absolute atomic E-state index is 14.0. The summed E-state index contributed by atoms with van der Waals surface area (Å²) in [5, 5.41) is 0. The first-order valence-corrected chi connectivity index (χ1v) is 13.2. The first-order chi connectivity index (χ1) is 16.1. The fourth-order valence-electron chi connectivity index (χ4n) is 4.64. The normalized spacial score (nSPS) is 13.9. The molecule has 168 valence electrons. The van der Waals surface area contributed by atoms with Crippen LogP contribution < -0.4 is 5.56 Å². The molecule has 6 heteroatoms. The number of hydrogen-bond donors (Lipinski definition) is 0. The van der Waals surface area contributed by atoms with E-state index in [9.17, 15) is 4.79 Å². The Labute approximate surface area is 202 Å². The molecule has 2 aromatic heterocycles. The minimum Gasteiger partial charge on any atom is -0.293 e. The van der Waals surface area contributed by atoms with Crippen LogP contribution in [0.2, 0.25) is 0 Å². The second-order valence-corrected chi connectivity index (χ2v) is 10.6. The van der Waals surface area contributed by atoms with E-state index in [1.807, 2.05) is 59.2 Å². The number of fused-ring (bicyclic) bond motifs is 1. The molecule has 0 radical (unpaired) electrons. The molecule has 4 nitrogen and oxygen atoms in total. The third kappa shape index (κ3) is 4.56. The van der Waals surface area contributed by atoms with E-state index in [0.29, 0.717) is 6.54 Å². The zero-order valence-corrected chi connectivity index (χ0v) is 20.5. The minimum absolute atomic E-state index is 0.0795. The average Bonchev–Trinajstić information content (AvgIpc) is 3.31. The molecule has 0 fully saturated rings. The quantitative estimate of drug-likeness (QED) is 0.345. The monoisotopic (exact) mass is 473 g/mol. The number of thiophene rings is 1. The van der Waals surface area contributed by atoms with E-state index in [1.165, 1.54) is 9.09 Å². The highest BCUT2D eigenvalue weighted by Crippen LogP contribution is 2.29. The van der Waals surface area contributed by atoms with Gasteiger partial charge in [0.05, 0.1) is 21.5 Å². The van der Waals surface area contributed by atoms with E-state index in [0.717, 1.165) is 47.7 Å². The van der Waals surface area contributed by atoms with Gasteiger partial charge in [0.25, 0.3) is 5.56 Å². The highest BCUT2D eigenvalue weighted by Gasteiger charge is 2.27. The van der Waals surface area contributed by atoms with E-state index < -0.39 is 0 Å². The van der Waals surface area contributed by atoms with Crippen LogP contribution in [-0.2, 0) is 19.5 Å². The van der Waals surface area contributed by atoms with Gasteiger partial charge in [0, 0.05) is 30.9 Å². The molecule has 3 heterocycles. The molecule has 2 aromatic carbocycles. The molecule has 0 spiro atoms. The van der Waals surface area contributed by atoms with E-state index >= 15 is 0 Å². The van der Waals surface area contributed by atoms with Gasteiger partial charge < -0.3 is 0 Å². The van der Waals surface area contributed by atoms with Crippen molar-refractivity contribution in [2.75, 3.05) is 12.8 Å². The molecule has 0 atom stereocenters. The van der Waals surface area contributed by atoms with Crippen LogP contribution in [0.1, 0.15) is 39.1 Å². The van der Waals surface area contributed by atoms with Gasteiger partial charge in [-0.1, -0.05) is 60.7 Å². The molecule has 0 saturated heterocycles. The summed E-state index contributed by atoms with van der Waals surface area (Å²) in [6.45, 7) is 4.40. The van der Waals surface area contributed by atoms with Crippen LogP contribution in [-0.4, -0.2) is 27.3 Å². The summed E-state index contributed by atoms with van der Waals surface area (Å²) >= 11 is 3.62. The second kappa shape index (κ2) is 9.67. The highest BCUT2D eigenvalue weighted by atomic mass is 32.2. The fraction of sp³-hybridized carbons (Fsp3) is 0.259. The van der Waals surface area contributed by atoms with Crippen molar-refractivity contribution >= 4 is 23.1 Å². The second-order valence-electron chi connectivity index (χ2n) is 8.37. The number of hydrogen-bond acceptors (Lipinski definition) is 5. The Morgan fingerprint density at radius 1 is 1.00 bits per heavy atom. The van der Waals surface area contributed by atoms with Gasteiger partial charge in [0.15, 0.2) is 0 Å². The van der Waals surface area contributed by atoms with Gasteiger partial charge >= 0.3 is 0 Å². The number of benzene rings is 2. The summed E-state index contributed by atoms with van der Waals surface area (Å²) < 4.78 is 3.22. The number of aryl methyl sites for hydroxylation is 1. The van der Waals surface area contributed by atoms with Crippen LogP contribution in [0.15, 0.2) is 81.8 Å². The molecule has 0 unspecified atom stereocenters. The Hall–Kier alpha value is -2.67. The van der Waals surface area contributed by atoms with Gasteiger partial charge in [-0.05, 0) is 36.4 Å². The van der Waals surface area contributed by atoms with Crippen LogP contribution in [0.4, 0.5) is 0 Å². The summed E-state index contributed by atoms with van der Waals surface area (Å²) in [5.74, 6) is 0.771. The Morgan fingerprint density at radius 3 is 2.27 bits per heavy atom. The number of nitrogens with zero attached hydrogens (tertiary/aromatic N) is 3. The standard InChI is InChI=1S/C27H27N3OS2/c1-19-28-24-15-16-29(17-22-13-14-25(32-2)33-22)18-23(24)27(31)30(19)26(20-9-5-3-6-10-20)21-11-7-4-8-12-21/h3-14,26H,15-18H2,1-2H3. The first-order valence-electron chi connectivity index (χ1n) is 11.2. The van der Waals surface area contributed by atoms with Gasteiger partial charge in [0.1, 0.15) is 5.82 Å². The predicted octanol–water partition coefficient (Wildman–Crippen LogP) is 5.53. The van der Waals surface area contributed by atoms with Gasteiger partial charge in [0.2, 0.25) is 0 Å². The maximum atomic E-state index is 14.0. The Kier molecular flexibility index (Phi) is 6.49. The SMILES string of the molecule is CSc1ccc(CN2CCc3nc(C)n(C(c4ccccc4)c4ccccc4)c(=O)c3C2)s1. The molecular weight excluding hydrogens is 446 g/mol. The molecule has 0 amide bonds. The van der Waals surface area contributed by atoms with E-state index in [-0.39, 0.29) is 11.6 Å². The summed E-state index contributed by atoms with van der Waals surface area (Å²) in [5.41, 5.74) is 4.06. The molecule has 5 rings (SSSR count). The van der Waals surface area contributed by atoms with Crippen molar-refractivity contribution in [1.29, 1.82) is 0 Å². The first kappa shape index (κ1) is 22.1. The van der Waals surface area contributed by atoms with Crippen molar-refractivity contribution in [2.45, 2.75) is 36.7 Å². The summed E-state index contributed by atoms with van der Waals surface area (Å²) in [6.07, 6.45) is 2.92. The molecule has 1 aliphatic rings. The van der Waals surface area contributed by atoms with Gasteiger partial charge in [-0.25, -0.2) is 4.98 Å². The fourth-order valence-corrected chi connectivity index (χ4v) is 6.27. The van der Waals surface area contributed by atoms with Crippen LogP contribution in [0.25, 0.3) is 0 Å². The largest absolute Gasteiger partial charge is 0.293 e. The van der Waals surface area contributed by atoms with Crippen molar-refractivity contribution < 1.29 is 0 Å². The topological polar surface area (TPSA) is 38.1 Å². The van der Waals surface area contributed by atoms with Crippen LogP contribution in [0.5, 0.6) is 0 Å². The van der Waals surface area contributed by atoms with Crippen molar-refractivity contribution in [3.63, 3.8) is 0 Å². The maximum Gasteiger partial charge on any atom is 0.259 e. The number of rotatable bonds is 6. The van der Waals surface area contributed by atoms with Crippen molar-refractivity contribution in [3.05, 3.63) is 116 Å². The molecule has 1 aliphatic heterocycles. The Balaban J connectivity index is 1.54. The number of thioether (sulfide) groups is 1. The Bertz CT molecular complexity index is 1260. The number of aromatic nitrogens is 2. The van der Waals surface area contributed by atoms with Crippen molar-refractivity contribution in [3.8, 4) is 0 Å². The molecule has 0 saturated carbocycles. The molecule has 0 aliphatic carbocycles. The molecule has 0 bridgehead atoms. The average molecular weight is 474 g/mol. The summed E-state index contributed by atoms with van der Waals surface area (Å²) in [7, 11) is 0.